The minimum atomic E-state index is -0.265. The maximum atomic E-state index is 12.6. The fourth-order valence-corrected chi connectivity index (χ4v) is 3.15. The summed E-state index contributed by atoms with van der Waals surface area (Å²) in [5.41, 5.74) is -0.0255. The second kappa shape index (κ2) is 8.44. The summed E-state index contributed by atoms with van der Waals surface area (Å²) in [4.78, 5) is 27.2. The molecule has 0 saturated carbocycles. The summed E-state index contributed by atoms with van der Waals surface area (Å²) in [6, 6.07) is 16.1. The van der Waals surface area contributed by atoms with Gasteiger partial charge in [0.05, 0.1) is 13.1 Å². The van der Waals surface area contributed by atoms with E-state index in [1.54, 1.807) is 23.3 Å². The summed E-state index contributed by atoms with van der Waals surface area (Å²) in [5, 5.41) is 6.16. The molecule has 134 valence electrons. The lowest BCUT2D eigenvalue weighted by Crippen LogP contribution is -2.31. The monoisotopic (exact) mass is 369 g/mol. The van der Waals surface area contributed by atoms with E-state index in [0.717, 1.165) is 10.6 Å². The summed E-state index contributed by atoms with van der Waals surface area (Å²) in [6.45, 7) is 1.07. The van der Waals surface area contributed by atoms with Gasteiger partial charge in [0.15, 0.2) is 0 Å². The first-order valence-corrected chi connectivity index (χ1v) is 9.05. The molecule has 2 aromatic heterocycles. The molecule has 0 N–H and O–H groups in total. The molecule has 0 aliphatic carbocycles. The van der Waals surface area contributed by atoms with Gasteiger partial charge in [0.1, 0.15) is 18.1 Å². The Labute approximate surface area is 155 Å². The van der Waals surface area contributed by atoms with Crippen LogP contribution in [0.25, 0.3) is 0 Å². The Morgan fingerprint density at radius 1 is 1.15 bits per heavy atom. The zero-order valence-electron chi connectivity index (χ0n) is 14.4. The van der Waals surface area contributed by atoms with Gasteiger partial charge in [-0.2, -0.15) is 5.10 Å². The predicted octanol–water partition coefficient (Wildman–Crippen LogP) is 2.66. The molecule has 0 aliphatic rings. The highest BCUT2D eigenvalue weighted by molar-refractivity contribution is 7.09. The molecule has 0 fully saturated rings. The first-order valence-electron chi connectivity index (χ1n) is 8.17. The van der Waals surface area contributed by atoms with Crippen molar-refractivity contribution < 1.29 is 9.53 Å². The highest BCUT2D eigenvalue weighted by Gasteiger charge is 2.15. The number of aromatic nitrogens is 2. The van der Waals surface area contributed by atoms with Crippen molar-refractivity contribution in [2.24, 2.45) is 0 Å². The second-order valence-electron chi connectivity index (χ2n) is 5.68. The van der Waals surface area contributed by atoms with E-state index in [1.165, 1.54) is 16.8 Å². The molecule has 3 aromatic rings. The highest BCUT2D eigenvalue weighted by Crippen LogP contribution is 2.12. The van der Waals surface area contributed by atoms with Crippen LogP contribution >= 0.6 is 11.3 Å². The summed E-state index contributed by atoms with van der Waals surface area (Å²) >= 11 is 1.59. The van der Waals surface area contributed by atoms with Crippen LogP contribution in [0.3, 0.4) is 0 Å². The van der Waals surface area contributed by atoms with Crippen molar-refractivity contribution >= 4 is 17.2 Å². The van der Waals surface area contributed by atoms with Crippen molar-refractivity contribution in [3.05, 3.63) is 80.9 Å². The van der Waals surface area contributed by atoms with Crippen molar-refractivity contribution in [3.8, 4) is 5.75 Å². The molecule has 1 aromatic carbocycles. The maximum Gasteiger partial charge on any atom is 0.274 e. The summed E-state index contributed by atoms with van der Waals surface area (Å²) in [6.07, 6.45) is 0. The van der Waals surface area contributed by atoms with Crippen LogP contribution in [-0.2, 0) is 13.1 Å². The van der Waals surface area contributed by atoms with Crippen molar-refractivity contribution in [2.75, 3.05) is 13.7 Å². The lowest BCUT2D eigenvalue weighted by Gasteiger charge is -2.16. The largest absolute Gasteiger partial charge is 0.492 e. The van der Waals surface area contributed by atoms with Gasteiger partial charge >= 0.3 is 0 Å². The highest BCUT2D eigenvalue weighted by atomic mass is 32.1. The average molecular weight is 369 g/mol. The van der Waals surface area contributed by atoms with Crippen LogP contribution < -0.4 is 10.3 Å². The quantitative estimate of drug-likeness (QED) is 0.642. The number of para-hydroxylation sites is 1. The number of hydrogen-bond acceptors (Lipinski definition) is 5. The third-order valence-corrected chi connectivity index (χ3v) is 4.58. The van der Waals surface area contributed by atoms with Crippen LogP contribution in [0.5, 0.6) is 5.75 Å². The number of hydrogen-bond donors (Lipinski definition) is 0. The van der Waals surface area contributed by atoms with E-state index < -0.39 is 0 Å². The molecule has 0 radical (unpaired) electrons. The number of rotatable bonds is 7. The first-order chi connectivity index (χ1) is 12.6. The van der Waals surface area contributed by atoms with Gasteiger partial charge in [-0.05, 0) is 29.6 Å². The Bertz CT molecular complexity index is 907. The Morgan fingerprint density at radius 2 is 1.96 bits per heavy atom. The van der Waals surface area contributed by atoms with E-state index in [0.29, 0.717) is 13.2 Å². The summed E-state index contributed by atoms with van der Waals surface area (Å²) < 4.78 is 6.85. The smallest absolute Gasteiger partial charge is 0.274 e. The molecule has 0 saturated heterocycles. The molecule has 2 heterocycles. The van der Waals surface area contributed by atoms with E-state index in [4.69, 9.17) is 4.74 Å². The minimum absolute atomic E-state index is 0.226. The van der Waals surface area contributed by atoms with E-state index >= 15 is 0 Å². The van der Waals surface area contributed by atoms with Crippen LogP contribution in [0.4, 0.5) is 0 Å². The Morgan fingerprint density at radius 3 is 2.69 bits per heavy atom. The van der Waals surface area contributed by atoms with E-state index in [1.807, 2.05) is 47.8 Å². The van der Waals surface area contributed by atoms with Crippen molar-refractivity contribution in [1.82, 2.24) is 14.7 Å². The molecule has 3 rings (SSSR count). The maximum absolute atomic E-state index is 12.6. The first kappa shape index (κ1) is 17.9. The van der Waals surface area contributed by atoms with Crippen molar-refractivity contribution in [2.45, 2.75) is 13.1 Å². The number of benzene rings is 1. The van der Waals surface area contributed by atoms with E-state index in [2.05, 4.69) is 5.10 Å². The fourth-order valence-electron chi connectivity index (χ4n) is 2.39. The molecule has 0 atom stereocenters. The van der Waals surface area contributed by atoms with E-state index in [9.17, 15) is 9.59 Å². The van der Waals surface area contributed by atoms with Gasteiger partial charge < -0.3 is 9.64 Å². The fraction of sp³-hybridized carbons (Fsp3) is 0.211. The second-order valence-corrected chi connectivity index (χ2v) is 6.71. The Hall–Kier alpha value is -2.93. The predicted molar refractivity (Wildman–Crippen MR) is 101 cm³/mol. The van der Waals surface area contributed by atoms with Gasteiger partial charge in [-0.3, -0.25) is 9.59 Å². The Balaban J connectivity index is 1.64. The summed E-state index contributed by atoms with van der Waals surface area (Å²) in [7, 11) is 1.72. The zero-order chi connectivity index (χ0) is 18.4. The van der Waals surface area contributed by atoms with Crippen LogP contribution in [0.2, 0.25) is 0 Å². The van der Waals surface area contributed by atoms with Gasteiger partial charge in [0, 0.05) is 18.0 Å². The Kier molecular flexibility index (Phi) is 5.80. The molecule has 1 amide bonds. The van der Waals surface area contributed by atoms with Crippen LogP contribution in [0.1, 0.15) is 15.4 Å². The van der Waals surface area contributed by atoms with Gasteiger partial charge in [-0.15, -0.1) is 11.3 Å². The number of thiophene rings is 1. The molecule has 7 heteroatoms. The van der Waals surface area contributed by atoms with Crippen LogP contribution in [0.15, 0.2) is 64.8 Å². The SMILES string of the molecule is CN(Cc1cccs1)C(=O)c1ccc(=O)n(CCOc2ccccc2)n1. The minimum Gasteiger partial charge on any atom is -0.492 e. The number of carbonyl (C=O) groups excluding carboxylic acids is 1. The van der Waals surface area contributed by atoms with Gasteiger partial charge in [-0.25, -0.2) is 4.68 Å². The molecular weight excluding hydrogens is 350 g/mol. The van der Waals surface area contributed by atoms with Crippen molar-refractivity contribution in [1.29, 1.82) is 0 Å². The number of nitrogens with zero attached hydrogens (tertiary/aromatic N) is 3. The molecule has 0 unspecified atom stereocenters. The van der Waals surface area contributed by atoms with Gasteiger partial charge in [0.2, 0.25) is 0 Å². The topological polar surface area (TPSA) is 64.4 Å². The normalized spacial score (nSPS) is 10.5. The average Bonchev–Trinajstić information content (AvgIpc) is 3.16. The standard InChI is InChI=1S/C19H19N3O3S/c1-21(14-16-8-5-13-26-16)19(24)17-9-10-18(23)22(20-17)11-12-25-15-6-3-2-4-7-15/h2-10,13H,11-12,14H2,1H3. The third-order valence-electron chi connectivity index (χ3n) is 3.72. The van der Waals surface area contributed by atoms with E-state index in [-0.39, 0.29) is 23.7 Å². The van der Waals surface area contributed by atoms with Crippen LogP contribution in [-0.4, -0.2) is 34.2 Å². The lowest BCUT2D eigenvalue weighted by molar-refractivity contribution is 0.0777. The molecule has 0 bridgehead atoms. The number of amides is 1. The van der Waals surface area contributed by atoms with Gasteiger partial charge in [0.25, 0.3) is 11.5 Å². The van der Waals surface area contributed by atoms with Crippen molar-refractivity contribution in [3.63, 3.8) is 0 Å². The molecule has 0 aliphatic heterocycles. The number of carbonyl (C=O) groups is 1. The lowest BCUT2D eigenvalue weighted by atomic mass is 10.3. The molecule has 0 spiro atoms. The third kappa shape index (κ3) is 4.58. The molecule has 6 nitrogen and oxygen atoms in total. The zero-order valence-corrected chi connectivity index (χ0v) is 15.2. The van der Waals surface area contributed by atoms with Gasteiger partial charge in [-0.1, -0.05) is 24.3 Å². The number of ether oxygens (including phenoxy) is 1. The molecule has 26 heavy (non-hydrogen) atoms. The molecular formula is C19H19N3O3S. The van der Waals surface area contributed by atoms with Crippen LogP contribution in [0, 0.1) is 0 Å². The summed E-state index contributed by atoms with van der Waals surface area (Å²) in [5.74, 6) is 0.500.